The Morgan fingerprint density at radius 2 is 1.18 bits per heavy atom. The SMILES string of the molecule is CC(C)C[C@@H]1NC(=O)[C@@H](CCCN=C(N)N)NC(=O)[C@H](N)CSSC[C@H](C(N)=O)NC(=O)[C@@H](CC(C)C)NC(=O)[C@H]([C@@H](C)O)NC(=O)[C@@H](CC(=O)O)NC1=O. The van der Waals surface area contributed by atoms with E-state index < -0.39 is 102 Å². The van der Waals surface area contributed by atoms with Crippen molar-refractivity contribution in [1.29, 1.82) is 0 Å². The van der Waals surface area contributed by atoms with Crippen molar-refractivity contribution in [3.8, 4) is 0 Å². The van der Waals surface area contributed by atoms with Crippen molar-refractivity contribution in [2.24, 2.45) is 39.8 Å². The number of aliphatic carboxylic acids is 1. The molecular formula is C32H57N11O10S2. The molecule has 16 N–H and O–H groups in total. The number of hydrogen-bond acceptors (Lipinski definition) is 13. The van der Waals surface area contributed by atoms with Gasteiger partial charge in [-0.15, -0.1) is 0 Å². The summed E-state index contributed by atoms with van der Waals surface area (Å²) in [5.74, 6) is -8.50. The zero-order valence-electron chi connectivity index (χ0n) is 31.7. The lowest BCUT2D eigenvalue weighted by Gasteiger charge is -2.28. The van der Waals surface area contributed by atoms with Crippen LogP contribution in [0.25, 0.3) is 0 Å². The van der Waals surface area contributed by atoms with Gasteiger partial charge in [0, 0.05) is 18.1 Å². The maximum atomic E-state index is 13.6. The van der Waals surface area contributed by atoms with Crippen LogP contribution in [-0.4, -0.2) is 130 Å². The minimum atomic E-state index is -1.80. The predicted octanol–water partition coefficient (Wildman–Crippen LogP) is -3.90. The first-order valence-electron chi connectivity index (χ1n) is 17.7. The van der Waals surface area contributed by atoms with Gasteiger partial charge in [0.1, 0.15) is 36.3 Å². The molecule has 0 aliphatic carbocycles. The molecule has 23 heteroatoms. The Morgan fingerprint density at radius 3 is 1.69 bits per heavy atom. The van der Waals surface area contributed by atoms with Gasteiger partial charge in [0.2, 0.25) is 41.4 Å². The van der Waals surface area contributed by atoms with E-state index in [9.17, 15) is 48.6 Å². The van der Waals surface area contributed by atoms with Crippen LogP contribution in [0, 0.1) is 11.8 Å². The third kappa shape index (κ3) is 18.7. The van der Waals surface area contributed by atoms with Gasteiger partial charge in [0.25, 0.3) is 0 Å². The first kappa shape index (κ1) is 48.7. The topological polar surface area (TPSA) is 366 Å². The van der Waals surface area contributed by atoms with Gasteiger partial charge in [-0.05, 0) is 44.4 Å². The van der Waals surface area contributed by atoms with E-state index in [1.54, 1.807) is 27.7 Å². The molecular weight excluding hydrogens is 763 g/mol. The number of carbonyl (C=O) groups excluding carboxylic acids is 7. The van der Waals surface area contributed by atoms with E-state index in [0.717, 1.165) is 21.6 Å². The summed E-state index contributed by atoms with van der Waals surface area (Å²) in [7, 11) is 2.17. The molecule has 0 bridgehead atoms. The summed E-state index contributed by atoms with van der Waals surface area (Å²) in [5.41, 5.74) is 22.5. The van der Waals surface area contributed by atoms with Crippen molar-refractivity contribution >= 4 is 74.9 Å². The summed E-state index contributed by atoms with van der Waals surface area (Å²) in [5, 5.41) is 34.8. The van der Waals surface area contributed by atoms with Gasteiger partial charge < -0.3 is 65.0 Å². The lowest BCUT2D eigenvalue weighted by atomic mass is 10.0. The summed E-state index contributed by atoms with van der Waals surface area (Å²) >= 11 is 0. The lowest BCUT2D eigenvalue weighted by Crippen LogP contribution is -2.62. The maximum Gasteiger partial charge on any atom is 0.305 e. The largest absolute Gasteiger partial charge is 0.481 e. The number of nitrogens with one attached hydrogen (secondary N) is 6. The van der Waals surface area contributed by atoms with Gasteiger partial charge in [0.15, 0.2) is 5.96 Å². The first-order chi connectivity index (χ1) is 25.6. The van der Waals surface area contributed by atoms with Crippen LogP contribution in [-0.2, 0) is 38.4 Å². The van der Waals surface area contributed by atoms with Gasteiger partial charge in [0.05, 0.1) is 18.6 Å². The van der Waals surface area contributed by atoms with E-state index in [1.165, 1.54) is 6.92 Å². The number of primary amides is 1. The van der Waals surface area contributed by atoms with Crippen LogP contribution in [0.3, 0.4) is 0 Å². The number of carboxylic acids is 1. The molecule has 0 unspecified atom stereocenters. The Balaban J connectivity index is 3.67. The quantitative estimate of drug-likeness (QED) is 0.0388. The van der Waals surface area contributed by atoms with E-state index in [0.29, 0.717) is 0 Å². The monoisotopic (exact) mass is 819 g/mol. The van der Waals surface area contributed by atoms with Gasteiger partial charge in [-0.1, -0.05) is 49.3 Å². The molecule has 0 aromatic rings. The van der Waals surface area contributed by atoms with Gasteiger partial charge >= 0.3 is 5.97 Å². The van der Waals surface area contributed by atoms with Crippen LogP contribution in [0.5, 0.6) is 0 Å². The Hall–Kier alpha value is -4.35. The summed E-state index contributed by atoms with van der Waals surface area (Å²) in [6.07, 6.45) is -2.24. The molecule has 8 atom stereocenters. The van der Waals surface area contributed by atoms with Gasteiger partial charge in [-0.2, -0.15) is 0 Å². The van der Waals surface area contributed by atoms with Crippen LogP contribution in [0.15, 0.2) is 4.99 Å². The fourth-order valence-corrected chi connectivity index (χ4v) is 7.39. The highest BCUT2D eigenvalue weighted by Gasteiger charge is 2.36. The minimum Gasteiger partial charge on any atom is -0.481 e. The second-order valence-corrected chi connectivity index (χ2v) is 16.5. The fourth-order valence-electron chi connectivity index (χ4n) is 5.09. The smallest absolute Gasteiger partial charge is 0.305 e. The Labute approximate surface area is 327 Å². The van der Waals surface area contributed by atoms with Crippen molar-refractivity contribution in [1.82, 2.24) is 31.9 Å². The molecule has 0 aromatic carbocycles. The summed E-state index contributed by atoms with van der Waals surface area (Å²) in [6.45, 7) is 8.29. The molecule has 1 aliphatic rings. The molecule has 312 valence electrons. The molecule has 21 nitrogen and oxygen atoms in total. The van der Waals surface area contributed by atoms with Gasteiger partial charge in [-0.3, -0.25) is 43.3 Å². The Kier molecular flexibility index (Phi) is 21.4. The minimum absolute atomic E-state index is 0.00359. The Bertz CT molecular complexity index is 1400. The zero-order chi connectivity index (χ0) is 42.0. The number of aliphatic hydroxyl groups is 1. The van der Waals surface area contributed by atoms with E-state index in [2.05, 4.69) is 36.9 Å². The first-order valence-corrected chi connectivity index (χ1v) is 20.2. The average Bonchev–Trinajstić information content (AvgIpc) is 3.06. The predicted molar refractivity (Wildman–Crippen MR) is 206 cm³/mol. The average molecular weight is 820 g/mol. The molecule has 55 heavy (non-hydrogen) atoms. The number of carbonyl (C=O) groups is 8. The highest BCUT2D eigenvalue weighted by molar-refractivity contribution is 8.76. The number of aliphatic imine (C=N–C) groups is 1. The summed E-state index contributed by atoms with van der Waals surface area (Å²) in [4.78, 5) is 109. The van der Waals surface area contributed by atoms with Crippen LogP contribution in [0.2, 0.25) is 0 Å². The van der Waals surface area contributed by atoms with Crippen LogP contribution >= 0.6 is 21.6 Å². The second kappa shape index (κ2) is 24.2. The third-order valence-corrected chi connectivity index (χ3v) is 10.3. The highest BCUT2D eigenvalue weighted by Crippen LogP contribution is 2.23. The van der Waals surface area contributed by atoms with E-state index in [4.69, 9.17) is 22.9 Å². The Morgan fingerprint density at radius 1 is 0.709 bits per heavy atom. The number of rotatable bonds is 12. The van der Waals surface area contributed by atoms with Crippen LogP contribution in [0.4, 0.5) is 0 Å². The van der Waals surface area contributed by atoms with Crippen molar-refractivity contribution in [3.63, 3.8) is 0 Å². The van der Waals surface area contributed by atoms with Crippen molar-refractivity contribution < 1.29 is 48.6 Å². The molecule has 0 radical (unpaired) electrons. The van der Waals surface area contributed by atoms with Crippen LogP contribution < -0.4 is 54.8 Å². The third-order valence-electron chi connectivity index (χ3n) is 7.90. The molecule has 0 aromatic heterocycles. The number of nitrogens with two attached hydrogens (primary N) is 4. The summed E-state index contributed by atoms with van der Waals surface area (Å²) < 4.78 is 0. The van der Waals surface area contributed by atoms with Crippen LogP contribution in [0.1, 0.15) is 66.7 Å². The van der Waals surface area contributed by atoms with E-state index in [-0.39, 0.29) is 61.5 Å². The number of carboxylic acid groups (broad SMARTS) is 1. The molecule has 1 aliphatic heterocycles. The van der Waals surface area contributed by atoms with E-state index >= 15 is 0 Å². The molecule has 1 rings (SSSR count). The highest BCUT2D eigenvalue weighted by atomic mass is 33.1. The maximum absolute atomic E-state index is 13.6. The number of hydrogen-bond donors (Lipinski definition) is 12. The molecule has 1 heterocycles. The number of aliphatic hydroxyl groups excluding tert-OH is 1. The lowest BCUT2D eigenvalue weighted by molar-refractivity contribution is -0.142. The summed E-state index contributed by atoms with van der Waals surface area (Å²) in [6, 6.07) is -9.78. The standard InChI is InChI=1S/C32H57N11O10S2/c1-14(2)9-19-28(50)40-21(11-23(45)46)30(52)43-24(16(5)44)31(53)41-20(10-15(3)4)29(51)42-22(25(34)47)13-55-54-12-17(33)26(48)38-18(27(49)39-19)7-6-8-37-32(35)36/h14-22,24,44H,6-13,33H2,1-5H3,(H2,34,47)(H,38,48)(H,39,49)(H,40,50)(H,41,53)(H,42,51)(H,43,52)(H,45,46)(H4,35,36,37)/t16-,17-,18-,19+,20-,21-,22-,24+/m1/s1. The van der Waals surface area contributed by atoms with E-state index in [1.807, 2.05) is 0 Å². The number of nitrogens with zero attached hydrogens (tertiary/aromatic N) is 1. The normalized spacial score (nSPS) is 26.4. The second-order valence-electron chi connectivity index (χ2n) is 13.9. The van der Waals surface area contributed by atoms with Crippen molar-refractivity contribution in [2.45, 2.75) is 115 Å². The number of guanidine groups is 1. The zero-order valence-corrected chi connectivity index (χ0v) is 33.3. The molecule has 0 spiro atoms. The molecule has 1 saturated heterocycles. The molecule has 0 saturated carbocycles. The number of amides is 7. The molecule has 7 amide bonds. The van der Waals surface area contributed by atoms with Crippen molar-refractivity contribution in [3.05, 3.63) is 0 Å². The van der Waals surface area contributed by atoms with Crippen molar-refractivity contribution in [2.75, 3.05) is 18.1 Å². The van der Waals surface area contributed by atoms with Gasteiger partial charge in [-0.25, -0.2) is 0 Å². The molecule has 1 fully saturated rings. The fraction of sp³-hybridized carbons (Fsp3) is 0.719.